The van der Waals surface area contributed by atoms with E-state index in [0.717, 1.165) is 27.8 Å². The number of esters is 1. The first-order valence-corrected chi connectivity index (χ1v) is 17.6. The fourth-order valence-corrected chi connectivity index (χ4v) is 8.26. The fraction of sp³-hybridized carbons (Fsp3) is 0.135. The molecule has 7 nitrogen and oxygen atoms in total. The number of carbonyl (C=O) groups excluding carboxylic acids is 2. The van der Waals surface area contributed by atoms with Gasteiger partial charge in [-0.3, -0.25) is 14.2 Å². The van der Waals surface area contributed by atoms with E-state index in [-0.39, 0.29) is 24.6 Å². The number of allylic oxidation sites excluding steroid dienone is 1. The van der Waals surface area contributed by atoms with E-state index < -0.39 is 11.2 Å². The van der Waals surface area contributed by atoms with Gasteiger partial charge in [-0.2, -0.15) is 0 Å². The average Bonchev–Trinajstić information content (AvgIpc) is 3.71. The maximum Gasteiger partial charge on any atom is 0.341 e. The first-order valence-electron chi connectivity index (χ1n) is 15.0. The first-order chi connectivity index (χ1) is 22.9. The smallest absolute Gasteiger partial charge is 0.341 e. The quantitative estimate of drug-likeness (QED) is 0.0637. The lowest BCUT2D eigenvalue weighted by Gasteiger charge is -2.19. The van der Waals surface area contributed by atoms with Crippen LogP contribution in [0.2, 0.25) is 0 Å². The van der Waals surface area contributed by atoms with Gasteiger partial charge in [-0.25, -0.2) is 9.78 Å². The summed E-state index contributed by atoms with van der Waals surface area (Å²) in [5, 5.41) is 7.34. The molecule has 236 valence electrons. The van der Waals surface area contributed by atoms with Gasteiger partial charge in [-0.1, -0.05) is 108 Å². The highest BCUT2D eigenvalue weighted by molar-refractivity contribution is 8.00. The molecule has 0 unspecified atom stereocenters. The van der Waals surface area contributed by atoms with Gasteiger partial charge in [0.25, 0.3) is 5.56 Å². The highest BCUT2D eigenvalue weighted by Crippen LogP contribution is 2.41. The van der Waals surface area contributed by atoms with Crippen molar-refractivity contribution in [2.45, 2.75) is 30.8 Å². The van der Waals surface area contributed by atoms with Gasteiger partial charge in [-0.15, -0.1) is 29.3 Å². The van der Waals surface area contributed by atoms with Gasteiger partial charge >= 0.3 is 5.97 Å². The Kier molecular flexibility index (Phi) is 9.81. The van der Waals surface area contributed by atoms with Gasteiger partial charge in [-0.05, 0) is 30.5 Å². The molecule has 1 amide bonds. The van der Waals surface area contributed by atoms with Gasteiger partial charge < -0.3 is 10.1 Å². The minimum absolute atomic E-state index is 0.197. The number of hydrogen-bond acceptors (Lipinski definition) is 8. The third-order valence-electron chi connectivity index (χ3n) is 7.49. The summed E-state index contributed by atoms with van der Waals surface area (Å²) in [4.78, 5) is 47.0. The molecule has 0 radical (unpaired) electrons. The second-order valence-corrected chi connectivity index (χ2v) is 13.4. The van der Waals surface area contributed by atoms with Crippen LogP contribution < -0.4 is 10.9 Å². The average molecular weight is 678 g/mol. The van der Waals surface area contributed by atoms with Gasteiger partial charge in [0.2, 0.25) is 5.91 Å². The van der Waals surface area contributed by atoms with Crippen molar-refractivity contribution in [1.29, 1.82) is 0 Å². The molecule has 3 aromatic carbocycles. The van der Waals surface area contributed by atoms with Gasteiger partial charge in [0.05, 0.1) is 12.0 Å². The van der Waals surface area contributed by atoms with Crippen LogP contribution in [-0.4, -0.2) is 28.0 Å². The highest BCUT2D eigenvalue weighted by atomic mass is 32.2. The number of anilines is 1. The van der Waals surface area contributed by atoms with Crippen LogP contribution >= 0.6 is 34.4 Å². The zero-order valence-corrected chi connectivity index (χ0v) is 28.2. The molecule has 6 aromatic rings. The molecule has 0 fully saturated rings. The van der Waals surface area contributed by atoms with Crippen LogP contribution in [0.15, 0.2) is 118 Å². The molecule has 6 rings (SSSR count). The molecule has 1 atom stereocenters. The fourth-order valence-electron chi connectivity index (χ4n) is 5.20. The van der Waals surface area contributed by atoms with E-state index in [9.17, 15) is 14.4 Å². The lowest BCUT2D eigenvalue weighted by atomic mass is 10.0. The molecule has 0 saturated heterocycles. The number of carbonyl (C=O) groups is 2. The van der Waals surface area contributed by atoms with Crippen molar-refractivity contribution < 1.29 is 14.3 Å². The summed E-state index contributed by atoms with van der Waals surface area (Å²) in [6.07, 6.45) is 1.65. The molecule has 0 bridgehead atoms. The van der Waals surface area contributed by atoms with Gasteiger partial charge in [0, 0.05) is 28.4 Å². The third kappa shape index (κ3) is 6.71. The van der Waals surface area contributed by atoms with Crippen LogP contribution in [0, 0.1) is 6.92 Å². The Bertz CT molecular complexity index is 2120. The topological polar surface area (TPSA) is 90.3 Å². The number of aromatic nitrogens is 2. The number of nitrogens with one attached hydrogen (secondary N) is 1. The Balaban J connectivity index is 1.41. The Morgan fingerprint density at radius 3 is 2.30 bits per heavy atom. The number of ether oxygens (including phenoxy) is 1. The molecule has 0 saturated carbocycles. The molecule has 0 aliphatic heterocycles. The van der Waals surface area contributed by atoms with E-state index in [4.69, 9.17) is 9.72 Å². The monoisotopic (exact) mass is 677 g/mol. The normalized spacial score (nSPS) is 11.7. The van der Waals surface area contributed by atoms with E-state index in [0.29, 0.717) is 31.5 Å². The number of rotatable bonds is 11. The number of nitrogens with zero attached hydrogens (tertiary/aromatic N) is 2. The molecule has 3 heterocycles. The number of thiophene rings is 2. The number of thioether (sulfide) groups is 1. The van der Waals surface area contributed by atoms with Crippen LogP contribution in [0.3, 0.4) is 0 Å². The Labute approximate surface area is 284 Å². The van der Waals surface area contributed by atoms with Crippen molar-refractivity contribution >= 4 is 61.5 Å². The van der Waals surface area contributed by atoms with E-state index in [1.54, 1.807) is 17.6 Å². The maximum absolute atomic E-state index is 14.2. The summed E-state index contributed by atoms with van der Waals surface area (Å²) in [6, 6.07) is 26.9. The summed E-state index contributed by atoms with van der Waals surface area (Å²) in [5.41, 5.74) is 5.25. The molecule has 0 aliphatic rings. The Morgan fingerprint density at radius 1 is 0.957 bits per heavy atom. The minimum atomic E-state index is -0.800. The van der Waals surface area contributed by atoms with Crippen molar-refractivity contribution in [3.63, 3.8) is 0 Å². The highest BCUT2D eigenvalue weighted by Gasteiger charge is 2.29. The molecule has 1 N–H and O–H groups in total. The van der Waals surface area contributed by atoms with Crippen LogP contribution in [-0.2, 0) is 16.1 Å². The number of amides is 1. The summed E-state index contributed by atoms with van der Waals surface area (Å²) >= 11 is 3.85. The lowest BCUT2D eigenvalue weighted by Crippen LogP contribution is -2.25. The van der Waals surface area contributed by atoms with E-state index >= 15 is 0 Å². The molecule has 47 heavy (non-hydrogen) atoms. The predicted octanol–water partition coefficient (Wildman–Crippen LogP) is 9.00. The second-order valence-electron chi connectivity index (χ2n) is 10.6. The zero-order chi connectivity index (χ0) is 32.9. The number of aryl methyl sites for hydroxylation is 1. The molecule has 10 heteroatoms. The van der Waals surface area contributed by atoms with Gasteiger partial charge in [0.15, 0.2) is 5.16 Å². The zero-order valence-electron chi connectivity index (χ0n) is 25.8. The third-order valence-corrected chi connectivity index (χ3v) is 10.5. The molecular formula is C37H31N3O4S3. The summed E-state index contributed by atoms with van der Waals surface area (Å²) in [6.45, 7) is 8.06. The van der Waals surface area contributed by atoms with E-state index in [1.807, 2.05) is 103 Å². The molecule has 3 aromatic heterocycles. The van der Waals surface area contributed by atoms with E-state index in [1.165, 1.54) is 34.4 Å². The molecule has 0 aliphatic carbocycles. The Hall–Kier alpha value is -4.77. The predicted molar refractivity (Wildman–Crippen MR) is 194 cm³/mol. The van der Waals surface area contributed by atoms with Crippen LogP contribution in [0.4, 0.5) is 5.00 Å². The number of hydrogen-bond donors (Lipinski definition) is 1. The van der Waals surface area contributed by atoms with Gasteiger partial charge in [0.1, 0.15) is 20.6 Å². The first kappa shape index (κ1) is 32.2. The SMILES string of the molecule is C=CCn1c(S[C@H](C(=O)Nc2scc(-c3ccccc3)c2C(=O)OCC)c2ccccc2)nc2scc(-c3ccc(C)cc3)c2c1=O. The van der Waals surface area contributed by atoms with Crippen molar-refractivity contribution in [1.82, 2.24) is 9.55 Å². The summed E-state index contributed by atoms with van der Waals surface area (Å²) in [7, 11) is 0. The van der Waals surface area contributed by atoms with E-state index in [2.05, 4.69) is 11.9 Å². The second kappa shape index (κ2) is 14.3. The summed E-state index contributed by atoms with van der Waals surface area (Å²) < 4.78 is 6.97. The van der Waals surface area contributed by atoms with Crippen LogP contribution in [0.25, 0.3) is 32.5 Å². The minimum Gasteiger partial charge on any atom is -0.462 e. The molecular weight excluding hydrogens is 647 g/mol. The number of fused-ring (bicyclic) bond motifs is 1. The van der Waals surface area contributed by atoms with Crippen molar-refractivity contribution in [3.8, 4) is 22.3 Å². The van der Waals surface area contributed by atoms with Crippen molar-refractivity contribution in [2.24, 2.45) is 0 Å². The largest absolute Gasteiger partial charge is 0.462 e. The van der Waals surface area contributed by atoms with Crippen LogP contribution in [0.1, 0.15) is 33.7 Å². The maximum atomic E-state index is 14.2. The van der Waals surface area contributed by atoms with Crippen molar-refractivity contribution in [3.05, 3.63) is 135 Å². The molecule has 0 spiro atoms. The summed E-state index contributed by atoms with van der Waals surface area (Å²) in [5.74, 6) is -0.875. The van der Waals surface area contributed by atoms with Crippen molar-refractivity contribution in [2.75, 3.05) is 11.9 Å². The number of benzene rings is 3. The lowest BCUT2D eigenvalue weighted by molar-refractivity contribution is -0.115. The van der Waals surface area contributed by atoms with Crippen LogP contribution in [0.5, 0.6) is 0 Å². The Morgan fingerprint density at radius 2 is 1.62 bits per heavy atom. The standard InChI is InChI=1S/C37H31N3O4S3/c1-4-20-40-35(42)29-27(25-18-16-23(3)17-19-25)21-45-33(29)39-37(40)47-31(26-14-10-7-11-15-26)32(41)38-34-30(36(43)44-5-2)28(22-46-34)24-12-8-6-9-13-24/h4,6-19,21-22,31H,1,5,20H2,2-3H3,(H,38,41)/t31-/m0/s1.